The molecule has 2 rings (SSSR count). The summed E-state index contributed by atoms with van der Waals surface area (Å²) in [4.78, 5) is 22.6. The summed E-state index contributed by atoms with van der Waals surface area (Å²) in [5, 5.41) is 13.9. The number of nitrogens with zero attached hydrogens (tertiary/aromatic N) is 2. The van der Waals surface area contributed by atoms with Gasteiger partial charge in [0.05, 0.1) is 20.7 Å². The molecule has 0 bridgehead atoms. The number of hydrogen-bond acceptors (Lipinski definition) is 6. The van der Waals surface area contributed by atoms with E-state index in [0.29, 0.717) is 12.3 Å². The van der Waals surface area contributed by atoms with Crippen LogP contribution in [0.1, 0.15) is 19.4 Å². The van der Waals surface area contributed by atoms with Crippen molar-refractivity contribution in [1.29, 1.82) is 0 Å². The number of benzene rings is 1. The minimum atomic E-state index is -4.10. The molecule has 1 N–H and O–H groups in total. The Bertz CT molecular complexity index is 829. The minimum absolute atomic E-state index is 0.00886. The average molecular weight is 422 g/mol. The van der Waals surface area contributed by atoms with E-state index in [-0.39, 0.29) is 38.9 Å². The van der Waals surface area contributed by atoms with Crippen molar-refractivity contribution in [2.24, 2.45) is 5.92 Å². The lowest BCUT2D eigenvalue weighted by atomic mass is 10.2. The summed E-state index contributed by atoms with van der Waals surface area (Å²) in [5.41, 5.74) is -0.179. The van der Waals surface area contributed by atoms with Crippen molar-refractivity contribution in [3.8, 4) is 0 Å². The largest absolute Gasteiger partial charge is 0.354 e. The molecule has 1 saturated heterocycles. The molecule has 1 fully saturated rings. The SMILES string of the molecule is Cc1c(Cl)cc(S(=O)(=O)N2CSCC2C(=O)NCC(C)C)cc1[N+](=O)[O-]. The van der Waals surface area contributed by atoms with Gasteiger partial charge in [0.2, 0.25) is 15.9 Å². The van der Waals surface area contributed by atoms with Crippen molar-refractivity contribution in [3.63, 3.8) is 0 Å². The predicted octanol–water partition coefficient (Wildman–Crippen LogP) is 2.39. The summed E-state index contributed by atoms with van der Waals surface area (Å²) < 4.78 is 27.0. The molecule has 144 valence electrons. The molecule has 0 aromatic heterocycles. The molecule has 1 aliphatic rings. The molecule has 1 unspecified atom stereocenters. The number of halogens is 1. The fourth-order valence-corrected chi connectivity index (χ4v) is 5.88. The third-order valence-electron chi connectivity index (χ3n) is 3.92. The molecule has 0 spiro atoms. The van der Waals surface area contributed by atoms with Crippen molar-refractivity contribution < 1.29 is 18.1 Å². The highest BCUT2D eigenvalue weighted by Gasteiger charge is 2.40. The molecule has 1 atom stereocenters. The number of thioether (sulfide) groups is 1. The number of nitro groups is 1. The molecule has 26 heavy (non-hydrogen) atoms. The van der Waals surface area contributed by atoms with E-state index in [1.54, 1.807) is 0 Å². The zero-order valence-electron chi connectivity index (χ0n) is 14.6. The fourth-order valence-electron chi connectivity index (χ4n) is 2.41. The van der Waals surface area contributed by atoms with Gasteiger partial charge in [-0.15, -0.1) is 11.8 Å². The lowest BCUT2D eigenvalue weighted by molar-refractivity contribution is -0.385. The Morgan fingerprint density at radius 2 is 2.15 bits per heavy atom. The maximum absolute atomic E-state index is 13.0. The third-order valence-corrected chi connectivity index (χ3v) is 7.32. The lowest BCUT2D eigenvalue weighted by Crippen LogP contribution is -2.47. The molecule has 0 saturated carbocycles. The quantitative estimate of drug-likeness (QED) is 0.557. The Morgan fingerprint density at radius 3 is 2.73 bits per heavy atom. The predicted molar refractivity (Wildman–Crippen MR) is 101 cm³/mol. The van der Waals surface area contributed by atoms with E-state index >= 15 is 0 Å². The van der Waals surface area contributed by atoms with Crippen LogP contribution in [-0.4, -0.2) is 47.8 Å². The van der Waals surface area contributed by atoms with Gasteiger partial charge in [-0.05, 0) is 18.9 Å². The molecular formula is C15H20ClN3O5S2. The van der Waals surface area contributed by atoms with Gasteiger partial charge < -0.3 is 5.32 Å². The molecule has 1 heterocycles. The van der Waals surface area contributed by atoms with E-state index in [9.17, 15) is 23.3 Å². The van der Waals surface area contributed by atoms with E-state index in [4.69, 9.17) is 11.6 Å². The second kappa shape index (κ2) is 8.12. The average Bonchev–Trinajstić information content (AvgIpc) is 3.05. The number of sulfonamides is 1. The first-order valence-electron chi connectivity index (χ1n) is 7.87. The highest BCUT2D eigenvalue weighted by molar-refractivity contribution is 8.00. The van der Waals surface area contributed by atoms with E-state index in [1.165, 1.54) is 24.8 Å². The topological polar surface area (TPSA) is 110 Å². The lowest BCUT2D eigenvalue weighted by Gasteiger charge is -2.23. The zero-order chi connectivity index (χ0) is 19.6. The van der Waals surface area contributed by atoms with Crippen molar-refractivity contribution in [2.75, 3.05) is 18.2 Å². The van der Waals surface area contributed by atoms with Crippen LogP contribution in [0.2, 0.25) is 5.02 Å². The first-order chi connectivity index (χ1) is 12.1. The van der Waals surface area contributed by atoms with Gasteiger partial charge in [-0.2, -0.15) is 4.31 Å². The summed E-state index contributed by atoms with van der Waals surface area (Å²) in [7, 11) is -4.10. The van der Waals surface area contributed by atoms with Crippen LogP contribution in [0.4, 0.5) is 5.69 Å². The number of nitrogens with one attached hydrogen (secondary N) is 1. The number of nitro benzene ring substituents is 1. The molecule has 0 radical (unpaired) electrons. The van der Waals surface area contributed by atoms with E-state index in [1.807, 2.05) is 13.8 Å². The molecule has 1 aromatic rings. The second-order valence-corrected chi connectivity index (χ2v) is 9.65. The molecule has 1 aromatic carbocycles. The van der Waals surface area contributed by atoms with Gasteiger partial charge in [0.25, 0.3) is 5.69 Å². The molecule has 8 nitrogen and oxygen atoms in total. The third kappa shape index (κ3) is 4.30. The smallest absolute Gasteiger partial charge is 0.275 e. The monoisotopic (exact) mass is 421 g/mol. The fraction of sp³-hybridized carbons (Fsp3) is 0.533. The molecule has 11 heteroatoms. The van der Waals surface area contributed by atoms with Crippen LogP contribution in [0.3, 0.4) is 0 Å². The number of amides is 1. The Balaban J connectivity index is 2.37. The minimum Gasteiger partial charge on any atom is -0.354 e. The van der Waals surface area contributed by atoms with Gasteiger partial charge in [-0.25, -0.2) is 8.42 Å². The number of rotatable bonds is 6. The summed E-state index contributed by atoms with van der Waals surface area (Å²) in [6, 6.07) is 1.32. The van der Waals surface area contributed by atoms with Crippen LogP contribution < -0.4 is 5.32 Å². The first kappa shape index (κ1) is 20.9. The van der Waals surface area contributed by atoms with E-state index in [0.717, 1.165) is 10.4 Å². The Morgan fingerprint density at radius 1 is 1.50 bits per heavy atom. The number of carbonyl (C=O) groups excluding carboxylic acids is 1. The Kier molecular flexibility index (Phi) is 6.54. The summed E-state index contributed by atoms with van der Waals surface area (Å²) in [6.07, 6.45) is 0. The van der Waals surface area contributed by atoms with E-state index < -0.39 is 21.0 Å². The molecule has 1 amide bonds. The van der Waals surface area contributed by atoms with Crippen molar-refractivity contribution >= 4 is 45.0 Å². The maximum atomic E-state index is 13.0. The van der Waals surface area contributed by atoms with Gasteiger partial charge in [0, 0.05) is 23.9 Å². The van der Waals surface area contributed by atoms with Gasteiger partial charge >= 0.3 is 0 Å². The second-order valence-electron chi connectivity index (χ2n) is 6.35. The van der Waals surface area contributed by atoms with Gasteiger partial charge in [-0.1, -0.05) is 25.4 Å². The van der Waals surface area contributed by atoms with Crippen LogP contribution in [0.15, 0.2) is 17.0 Å². The van der Waals surface area contributed by atoms with Crippen LogP contribution in [0.5, 0.6) is 0 Å². The Labute approximate surface area is 161 Å². The van der Waals surface area contributed by atoms with Gasteiger partial charge in [0.1, 0.15) is 6.04 Å². The number of hydrogen-bond donors (Lipinski definition) is 1. The van der Waals surface area contributed by atoms with Gasteiger partial charge in [-0.3, -0.25) is 14.9 Å². The van der Waals surface area contributed by atoms with E-state index in [2.05, 4.69) is 5.32 Å². The van der Waals surface area contributed by atoms with Gasteiger partial charge in [0.15, 0.2) is 0 Å². The highest BCUT2D eigenvalue weighted by Crippen LogP contribution is 2.34. The standard InChI is InChI=1S/C15H20ClN3O5S2/c1-9(2)6-17-15(20)14-7-25-8-18(14)26(23,24)11-4-12(16)10(3)13(5-11)19(21)22/h4-5,9,14H,6-8H2,1-3H3,(H,17,20). The van der Waals surface area contributed by atoms with Crippen LogP contribution in [-0.2, 0) is 14.8 Å². The summed E-state index contributed by atoms with van der Waals surface area (Å²) in [5.74, 6) is 0.281. The Hall–Kier alpha value is -1.36. The van der Waals surface area contributed by atoms with Crippen molar-refractivity contribution in [2.45, 2.75) is 31.7 Å². The molecule has 0 aliphatic carbocycles. The maximum Gasteiger partial charge on any atom is 0.275 e. The zero-order valence-corrected chi connectivity index (χ0v) is 16.9. The van der Waals surface area contributed by atoms with Crippen molar-refractivity contribution in [3.05, 3.63) is 32.8 Å². The van der Waals surface area contributed by atoms with Crippen LogP contribution in [0.25, 0.3) is 0 Å². The number of carbonyl (C=O) groups is 1. The molecular weight excluding hydrogens is 402 g/mol. The first-order valence-corrected chi connectivity index (χ1v) is 10.8. The van der Waals surface area contributed by atoms with Crippen molar-refractivity contribution in [1.82, 2.24) is 9.62 Å². The molecule has 1 aliphatic heterocycles. The summed E-state index contributed by atoms with van der Waals surface area (Å²) in [6.45, 7) is 5.76. The normalized spacial score (nSPS) is 18.3. The highest BCUT2D eigenvalue weighted by atomic mass is 35.5. The van der Waals surface area contributed by atoms with Crippen LogP contribution in [0, 0.1) is 23.0 Å². The van der Waals surface area contributed by atoms with Crippen LogP contribution >= 0.6 is 23.4 Å². The summed E-state index contributed by atoms with van der Waals surface area (Å²) >= 11 is 7.30.